The number of methoxy groups -OCH3 is 1. The number of nitrogens with one attached hydrogen (secondary N) is 1. The van der Waals surface area contributed by atoms with Crippen molar-refractivity contribution in [1.82, 2.24) is 5.32 Å². The molecule has 1 aromatic carbocycles. The van der Waals surface area contributed by atoms with Crippen molar-refractivity contribution in [2.75, 3.05) is 13.7 Å². The highest BCUT2D eigenvalue weighted by atomic mass is 16.5. The van der Waals surface area contributed by atoms with Gasteiger partial charge in [-0.15, -0.1) is 0 Å². The van der Waals surface area contributed by atoms with E-state index in [4.69, 9.17) is 9.47 Å². The van der Waals surface area contributed by atoms with Crippen LogP contribution >= 0.6 is 0 Å². The first-order valence-corrected chi connectivity index (χ1v) is 8.73. The van der Waals surface area contributed by atoms with E-state index < -0.39 is 12.0 Å². The molecule has 0 saturated heterocycles. The number of hydrogen-bond acceptors (Lipinski definition) is 4. The minimum absolute atomic E-state index is 0.284. The lowest BCUT2D eigenvalue weighted by Gasteiger charge is -2.15. The topological polar surface area (TPSA) is 64.6 Å². The Kier molecular flexibility index (Phi) is 9.58. The Hall–Kier alpha value is -2.04. The number of ether oxygens (including phenoxy) is 2. The molecule has 0 saturated carbocycles. The van der Waals surface area contributed by atoms with Crippen molar-refractivity contribution in [1.29, 1.82) is 0 Å². The third-order valence-corrected chi connectivity index (χ3v) is 3.75. The van der Waals surface area contributed by atoms with Gasteiger partial charge >= 0.3 is 5.97 Å². The fourth-order valence-corrected chi connectivity index (χ4v) is 2.34. The van der Waals surface area contributed by atoms with E-state index >= 15 is 0 Å². The smallest absolute Gasteiger partial charge is 0.328 e. The van der Waals surface area contributed by atoms with Crippen LogP contribution in [0.15, 0.2) is 24.3 Å². The molecular formula is C19H29NO4. The van der Waals surface area contributed by atoms with Crippen LogP contribution in [0.25, 0.3) is 0 Å². The zero-order valence-corrected chi connectivity index (χ0v) is 15.0. The number of benzene rings is 1. The standard InChI is InChI=1S/C19H29NO4/c1-4-6-7-8-14-24-16-12-10-15(11-13-16)18(21)20-17(9-5-2)19(22)23-3/h10-13,17H,4-9,14H2,1-3H3,(H,20,21)/t17-/m0/s1. The van der Waals surface area contributed by atoms with E-state index in [1.807, 2.05) is 6.92 Å². The van der Waals surface area contributed by atoms with Gasteiger partial charge in [-0.3, -0.25) is 4.79 Å². The molecule has 0 spiro atoms. The summed E-state index contributed by atoms with van der Waals surface area (Å²) in [7, 11) is 1.32. The summed E-state index contributed by atoms with van der Waals surface area (Å²) >= 11 is 0. The molecule has 0 aliphatic rings. The molecule has 0 heterocycles. The molecule has 0 aromatic heterocycles. The van der Waals surface area contributed by atoms with Gasteiger partial charge in [-0.2, -0.15) is 0 Å². The molecule has 1 aromatic rings. The first kappa shape index (κ1) is 20.0. The summed E-state index contributed by atoms with van der Waals surface area (Å²) in [5.74, 6) is 0.0479. The Balaban J connectivity index is 2.51. The van der Waals surface area contributed by atoms with Gasteiger partial charge in [-0.1, -0.05) is 39.5 Å². The van der Waals surface area contributed by atoms with Crippen LogP contribution in [0.4, 0.5) is 0 Å². The van der Waals surface area contributed by atoms with Crippen LogP contribution in [0.1, 0.15) is 62.7 Å². The fourth-order valence-electron chi connectivity index (χ4n) is 2.34. The van der Waals surface area contributed by atoms with E-state index in [2.05, 4.69) is 12.2 Å². The van der Waals surface area contributed by atoms with Gasteiger partial charge in [-0.25, -0.2) is 4.79 Å². The van der Waals surface area contributed by atoms with Gasteiger partial charge in [0, 0.05) is 5.56 Å². The number of rotatable bonds is 11. The Morgan fingerprint density at radius 1 is 1.04 bits per heavy atom. The maximum Gasteiger partial charge on any atom is 0.328 e. The van der Waals surface area contributed by atoms with E-state index in [0.717, 1.165) is 18.6 Å². The molecule has 0 bridgehead atoms. The van der Waals surface area contributed by atoms with Gasteiger partial charge in [0.25, 0.3) is 5.91 Å². The quantitative estimate of drug-likeness (QED) is 0.494. The van der Waals surface area contributed by atoms with Crippen molar-refractivity contribution in [2.24, 2.45) is 0 Å². The van der Waals surface area contributed by atoms with Gasteiger partial charge < -0.3 is 14.8 Å². The Bertz CT molecular complexity index is 499. The zero-order chi connectivity index (χ0) is 17.8. The summed E-state index contributed by atoms with van der Waals surface area (Å²) in [5, 5.41) is 2.72. The predicted molar refractivity (Wildman–Crippen MR) is 94.3 cm³/mol. The number of amides is 1. The van der Waals surface area contributed by atoms with Gasteiger partial charge in [0.1, 0.15) is 11.8 Å². The molecule has 0 unspecified atom stereocenters. The molecule has 1 atom stereocenters. The van der Waals surface area contributed by atoms with Crippen LogP contribution in [-0.4, -0.2) is 31.6 Å². The second-order valence-electron chi connectivity index (χ2n) is 5.77. The lowest BCUT2D eigenvalue weighted by atomic mass is 10.1. The monoisotopic (exact) mass is 335 g/mol. The molecule has 5 nitrogen and oxygen atoms in total. The summed E-state index contributed by atoms with van der Waals surface area (Å²) in [5.41, 5.74) is 0.498. The highest BCUT2D eigenvalue weighted by molar-refractivity contribution is 5.96. The zero-order valence-electron chi connectivity index (χ0n) is 15.0. The lowest BCUT2D eigenvalue weighted by molar-refractivity contribution is -0.143. The van der Waals surface area contributed by atoms with Crippen molar-refractivity contribution in [3.8, 4) is 5.75 Å². The summed E-state index contributed by atoms with van der Waals surface area (Å²) in [6, 6.07) is 6.36. The Labute approximate surface area is 144 Å². The van der Waals surface area contributed by atoms with Crippen molar-refractivity contribution >= 4 is 11.9 Å². The third-order valence-electron chi connectivity index (χ3n) is 3.75. The highest BCUT2D eigenvalue weighted by Crippen LogP contribution is 2.13. The second-order valence-corrected chi connectivity index (χ2v) is 5.77. The molecule has 5 heteroatoms. The van der Waals surface area contributed by atoms with Crippen LogP contribution in [0.5, 0.6) is 5.75 Å². The van der Waals surface area contributed by atoms with Crippen LogP contribution in [0, 0.1) is 0 Å². The van der Waals surface area contributed by atoms with Crippen LogP contribution in [0.3, 0.4) is 0 Å². The molecule has 0 aliphatic heterocycles. The van der Waals surface area contributed by atoms with E-state index in [1.54, 1.807) is 24.3 Å². The summed E-state index contributed by atoms with van der Waals surface area (Å²) < 4.78 is 10.4. The van der Waals surface area contributed by atoms with Gasteiger partial charge in [-0.05, 0) is 37.1 Å². The van der Waals surface area contributed by atoms with Gasteiger partial charge in [0.05, 0.1) is 13.7 Å². The van der Waals surface area contributed by atoms with Crippen molar-refractivity contribution in [2.45, 2.75) is 58.4 Å². The minimum atomic E-state index is -0.609. The number of hydrogen-bond donors (Lipinski definition) is 1. The Morgan fingerprint density at radius 3 is 2.33 bits per heavy atom. The number of carbonyl (C=O) groups excluding carboxylic acids is 2. The largest absolute Gasteiger partial charge is 0.494 e. The molecule has 134 valence electrons. The molecular weight excluding hydrogens is 306 g/mol. The molecule has 0 fully saturated rings. The minimum Gasteiger partial charge on any atom is -0.494 e. The highest BCUT2D eigenvalue weighted by Gasteiger charge is 2.21. The first-order valence-electron chi connectivity index (χ1n) is 8.73. The summed E-state index contributed by atoms with van der Waals surface area (Å²) in [4.78, 5) is 23.9. The van der Waals surface area contributed by atoms with E-state index in [-0.39, 0.29) is 5.91 Å². The predicted octanol–water partition coefficient (Wildman–Crippen LogP) is 3.72. The number of unbranched alkanes of at least 4 members (excludes halogenated alkanes) is 3. The molecule has 0 aliphatic carbocycles. The van der Waals surface area contributed by atoms with E-state index in [9.17, 15) is 9.59 Å². The van der Waals surface area contributed by atoms with Crippen molar-refractivity contribution in [3.05, 3.63) is 29.8 Å². The summed E-state index contributed by atoms with van der Waals surface area (Å²) in [6.45, 7) is 4.82. The van der Waals surface area contributed by atoms with Crippen molar-refractivity contribution in [3.63, 3.8) is 0 Å². The van der Waals surface area contributed by atoms with Crippen molar-refractivity contribution < 1.29 is 19.1 Å². The van der Waals surface area contributed by atoms with Gasteiger partial charge in [0.2, 0.25) is 0 Å². The van der Waals surface area contributed by atoms with E-state index in [1.165, 1.54) is 26.4 Å². The summed E-state index contributed by atoms with van der Waals surface area (Å²) in [6.07, 6.45) is 5.97. The molecule has 24 heavy (non-hydrogen) atoms. The van der Waals surface area contributed by atoms with Gasteiger partial charge in [0.15, 0.2) is 0 Å². The van der Waals surface area contributed by atoms with Crippen LogP contribution < -0.4 is 10.1 Å². The maximum atomic E-state index is 12.2. The van der Waals surface area contributed by atoms with Crippen LogP contribution in [0.2, 0.25) is 0 Å². The van der Waals surface area contributed by atoms with Crippen LogP contribution in [-0.2, 0) is 9.53 Å². The Morgan fingerprint density at radius 2 is 1.75 bits per heavy atom. The number of carbonyl (C=O) groups is 2. The average molecular weight is 335 g/mol. The fraction of sp³-hybridized carbons (Fsp3) is 0.579. The second kappa shape index (κ2) is 11.5. The molecule has 1 N–H and O–H groups in total. The maximum absolute atomic E-state index is 12.2. The average Bonchev–Trinajstić information content (AvgIpc) is 2.61. The molecule has 0 radical (unpaired) electrons. The third kappa shape index (κ3) is 7.02. The molecule has 1 rings (SSSR count). The first-order chi connectivity index (χ1) is 11.6. The SMILES string of the molecule is CCCCCCOc1ccc(C(=O)N[C@@H](CCC)C(=O)OC)cc1. The number of esters is 1. The normalized spacial score (nSPS) is 11.6. The lowest BCUT2D eigenvalue weighted by Crippen LogP contribution is -2.41. The molecule has 1 amide bonds. The van der Waals surface area contributed by atoms with E-state index in [0.29, 0.717) is 18.6 Å².